The average molecular weight is 569 g/mol. The first kappa shape index (κ1) is 25.9. The molecule has 3 aromatic heterocycles. The molecular weight excluding hydrogens is 542 g/mol. The molecule has 2 fully saturated rings. The van der Waals surface area contributed by atoms with Crippen molar-refractivity contribution in [2.24, 2.45) is 0 Å². The molecule has 2 aliphatic heterocycles. The van der Waals surface area contributed by atoms with Gasteiger partial charge in [-0.05, 0) is 62.1 Å². The molecule has 2 saturated heterocycles. The van der Waals surface area contributed by atoms with Crippen LogP contribution in [0.15, 0.2) is 48.8 Å². The predicted molar refractivity (Wildman–Crippen MR) is 152 cm³/mol. The summed E-state index contributed by atoms with van der Waals surface area (Å²) in [7, 11) is 1.37. The summed E-state index contributed by atoms with van der Waals surface area (Å²) in [5.74, 6) is -0.0731. The highest BCUT2D eigenvalue weighted by Gasteiger charge is 2.33. The first-order valence-corrected chi connectivity index (χ1v) is 13.8. The van der Waals surface area contributed by atoms with Gasteiger partial charge in [-0.25, -0.2) is 32.9 Å². The van der Waals surface area contributed by atoms with E-state index in [-0.39, 0.29) is 12.0 Å². The van der Waals surface area contributed by atoms with Crippen molar-refractivity contribution in [2.75, 3.05) is 30.0 Å². The van der Waals surface area contributed by atoms with Crippen LogP contribution in [-0.2, 0) is 9.53 Å². The highest BCUT2D eigenvalue weighted by molar-refractivity contribution is 5.93. The number of benzene rings is 2. The number of nitrogens with zero attached hydrogens (tertiary/aromatic N) is 7. The van der Waals surface area contributed by atoms with Crippen molar-refractivity contribution in [1.82, 2.24) is 24.6 Å². The molecular formula is C30H26F2N8O2. The molecule has 0 spiro atoms. The second-order valence-electron chi connectivity index (χ2n) is 10.6. The van der Waals surface area contributed by atoms with Crippen molar-refractivity contribution in [3.8, 4) is 11.4 Å². The smallest absolute Gasteiger partial charge is 0.328 e. The standard InChI is InChI=1S/C30H26F2N8O2/c1-33-23-14-21-22(15-26(23)38-10-4-6-25(38)30(41)42-2)36-28(35-21)19-16-34-40-12-9-27(37-29(19)40)39-11-3-5-24(39)18-13-17(31)7-8-20(18)32/h7-9,12-16,24-25H,3-6,10-11H2,2H3,(H,35,36)/t24-,25+/m1/s1. The molecule has 42 heavy (non-hydrogen) atoms. The number of ether oxygens (including phenoxy) is 1. The van der Waals surface area contributed by atoms with E-state index in [1.807, 2.05) is 21.9 Å². The summed E-state index contributed by atoms with van der Waals surface area (Å²) in [6, 6.07) is 8.17. The van der Waals surface area contributed by atoms with E-state index in [1.54, 1.807) is 23.0 Å². The van der Waals surface area contributed by atoms with E-state index in [2.05, 4.69) is 14.9 Å². The number of methoxy groups -OCH3 is 1. The van der Waals surface area contributed by atoms with Crippen LogP contribution < -0.4 is 9.80 Å². The van der Waals surface area contributed by atoms with Gasteiger partial charge in [-0.1, -0.05) is 0 Å². The van der Waals surface area contributed by atoms with Gasteiger partial charge in [0.25, 0.3) is 0 Å². The number of hydrogen-bond acceptors (Lipinski definition) is 7. The Bertz CT molecular complexity index is 1890. The van der Waals surface area contributed by atoms with Crippen LogP contribution >= 0.6 is 0 Å². The highest BCUT2D eigenvalue weighted by Crippen LogP contribution is 2.39. The van der Waals surface area contributed by atoms with Gasteiger partial charge in [0.2, 0.25) is 5.69 Å². The van der Waals surface area contributed by atoms with E-state index in [9.17, 15) is 13.6 Å². The molecule has 0 saturated carbocycles. The van der Waals surface area contributed by atoms with Gasteiger partial charge in [-0.15, -0.1) is 0 Å². The van der Waals surface area contributed by atoms with Crippen LogP contribution in [0.4, 0.5) is 26.0 Å². The minimum Gasteiger partial charge on any atom is -0.467 e. The van der Waals surface area contributed by atoms with Gasteiger partial charge in [0.15, 0.2) is 5.65 Å². The maximum absolute atomic E-state index is 14.7. The van der Waals surface area contributed by atoms with Gasteiger partial charge in [-0.2, -0.15) is 5.10 Å². The molecule has 12 heteroatoms. The van der Waals surface area contributed by atoms with E-state index < -0.39 is 17.7 Å². The van der Waals surface area contributed by atoms with Crippen molar-refractivity contribution in [3.63, 3.8) is 0 Å². The quantitative estimate of drug-likeness (QED) is 0.218. The molecule has 2 aromatic carbocycles. The lowest BCUT2D eigenvalue weighted by Gasteiger charge is -2.26. The number of carbonyl (C=O) groups is 1. The van der Waals surface area contributed by atoms with E-state index in [0.29, 0.717) is 76.8 Å². The lowest BCUT2D eigenvalue weighted by molar-refractivity contribution is -0.141. The minimum atomic E-state index is -0.472. The topological polar surface area (TPSA) is 96.0 Å². The van der Waals surface area contributed by atoms with Crippen molar-refractivity contribution >= 4 is 39.8 Å². The Morgan fingerprint density at radius 2 is 1.93 bits per heavy atom. The van der Waals surface area contributed by atoms with Gasteiger partial charge in [0.1, 0.15) is 29.3 Å². The second kappa shape index (κ2) is 10.1. The molecule has 0 bridgehead atoms. The number of rotatable bonds is 5. The summed E-state index contributed by atoms with van der Waals surface area (Å²) in [4.78, 5) is 33.0. The molecule has 0 amide bonds. The number of anilines is 2. The second-order valence-corrected chi connectivity index (χ2v) is 10.6. The number of nitrogens with one attached hydrogen (secondary N) is 1. The van der Waals surface area contributed by atoms with Crippen molar-refractivity contribution in [3.05, 3.63) is 77.4 Å². The Morgan fingerprint density at radius 3 is 2.76 bits per heavy atom. The number of halogens is 2. The monoisotopic (exact) mass is 568 g/mol. The highest BCUT2D eigenvalue weighted by atomic mass is 19.1. The molecule has 7 rings (SSSR count). The first-order chi connectivity index (χ1) is 20.4. The van der Waals surface area contributed by atoms with Crippen molar-refractivity contribution < 1.29 is 18.3 Å². The number of esters is 1. The molecule has 10 nitrogen and oxygen atoms in total. The van der Waals surface area contributed by atoms with Crippen LogP contribution in [0.1, 0.15) is 37.3 Å². The molecule has 0 radical (unpaired) electrons. The van der Waals surface area contributed by atoms with Crippen LogP contribution in [0.3, 0.4) is 0 Å². The first-order valence-electron chi connectivity index (χ1n) is 13.8. The van der Waals surface area contributed by atoms with Gasteiger partial charge < -0.3 is 19.5 Å². The largest absolute Gasteiger partial charge is 0.467 e. The third-order valence-electron chi connectivity index (χ3n) is 8.21. The lowest BCUT2D eigenvalue weighted by atomic mass is 10.0. The van der Waals surface area contributed by atoms with Gasteiger partial charge in [0, 0.05) is 30.5 Å². The Hall–Kier alpha value is -5.05. The number of hydrogen-bond donors (Lipinski definition) is 1. The fourth-order valence-corrected chi connectivity index (χ4v) is 6.24. The van der Waals surface area contributed by atoms with E-state index >= 15 is 0 Å². The van der Waals surface area contributed by atoms with Crippen LogP contribution in [0.2, 0.25) is 0 Å². The van der Waals surface area contributed by atoms with Crippen molar-refractivity contribution in [2.45, 2.75) is 37.8 Å². The SMILES string of the molecule is [C-]#[N+]c1cc2[nH]c(-c3cnn4ccc(N5CCC[C@@H]5c5cc(F)ccc5F)nc34)nc2cc1N1CCC[C@H]1C(=O)OC. The van der Waals surface area contributed by atoms with Gasteiger partial charge in [0.05, 0.1) is 42.5 Å². The van der Waals surface area contributed by atoms with Crippen LogP contribution in [0.25, 0.3) is 32.9 Å². The van der Waals surface area contributed by atoms with E-state index in [4.69, 9.17) is 21.3 Å². The fourth-order valence-electron chi connectivity index (χ4n) is 6.24. The summed E-state index contributed by atoms with van der Waals surface area (Å²) in [5.41, 5.74) is 3.89. The van der Waals surface area contributed by atoms with Crippen molar-refractivity contribution in [1.29, 1.82) is 0 Å². The summed E-state index contributed by atoms with van der Waals surface area (Å²) < 4.78 is 35.3. The van der Waals surface area contributed by atoms with E-state index in [0.717, 1.165) is 18.9 Å². The molecule has 0 unspecified atom stereocenters. The summed E-state index contributed by atoms with van der Waals surface area (Å²) in [6.07, 6.45) is 6.44. The number of aromatic nitrogens is 5. The molecule has 2 atom stereocenters. The van der Waals surface area contributed by atoms with E-state index in [1.165, 1.54) is 19.2 Å². The summed E-state index contributed by atoms with van der Waals surface area (Å²) in [6.45, 7) is 9.08. The van der Waals surface area contributed by atoms with Gasteiger partial charge in [-0.3, -0.25) is 0 Å². The predicted octanol–water partition coefficient (Wildman–Crippen LogP) is 5.58. The third-order valence-corrected chi connectivity index (χ3v) is 8.21. The molecule has 5 heterocycles. The minimum absolute atomic E-state index is 0.319. The third kappa shape index (κ3) is 4.20. The summed E-state index contributed by atoms with van der Waals surface area (Å²) in [5, 5.41) is 4.45. The number of imidazole rings is 1. The Kier molecular flexibility index (Phi) is 6.22. The molecule has 5 aromatic rings. The maximum atomic E-state index is 14.7. The number of aromatic amines is 1. The van der Waals surface area contributed by atoms with Gasteiger partial charge >= 0.3 is 5.97 Å². The Morgan fingerprint density at radius 1 is 1.10 bits per heavy atom. The zero-order valence-corrected chi connectivity index (χ0v) is 22.7. The van der Waals surface area contributed by atoms with Crippen LogP contribution in [0, 0.1) is 18.2 Å². The number of fused-ring (bicyclic) bond motifs is 2. The Balaban J connectivity index is 1.27. The van der Waals surface area contributed by atoms with Crippen LogP contribution in [-0.4, -0.2) is 56.8 Å². The summed E-state index contributed by atoms with van der Waals surface area (Å²) >= 11 is 0. The number of H-pyrrole nitrogens is 1. The fraction of sp³-hybridized carbons (Fsp3) is 0.300. The molecule has 0 aliphatic carbocycles. The molecule has 212 valence electrons. The van der Waals surface area contributed by atoms with Crippen LogP contribution in [0.5, 0.6) is 0 Å². The maximum Gasteiger partial charge on any atom is 0.328 e. The normalized spacial score (nSPS) is 18.7. The lowest BCUT2D eigenvalue weighted by Crippen LogP contribution is -2.36. The zero-order valence-electron chi connectivity index (χ0n) is 22.7. The Labute approximate surface area is 239 Å². The average Bonchev–Trinajstić information content (AvgIpc) is 3.81. The number of carbonyl (C=O) groups excluding carboxylic acids is 1. The molecule has 1 N–H and O–H groups in total. The zero-order chi connectivity index (χ0) is 29.0. The molecule has 2 aliphatic rings.